The van der Waals surface area contributed by atoms with Gasteiger partial charge in [-0.05, 0) is 13.8 Å². The summed E-state index contributed by atoms with van der Waals surface area (Å²) in [6, 6.07) is 1.84. The summed E-state index contributed by atoms with van der Waals surface area (Å²) < 4.78 is 4.88. The number of hydrogen-bond acceptors (Lipinski definition) is 4. The van der Waals surface area contributed by atoms with Crippen molar-refractivity contribution < 1.29 is 9.53 Å². The van der Waals surface area contributed by atoms with Crippen molar-refractivity contribution in [3.05, 3.63) is 11.8 Å². The zero-order chi connectivity index (χ0) is 10.8. The van der Waals surface area contributed by atoms with Gasteiger partial charge < -0.3 is 4.74 Å². The summed E-state index contributed by atoms with van der Waals surface area (Å²) in [5.74, 6) is 0.246. The molecule has 1 unspecified atom stereocenters. The Balaban J connectivity index is 2.16. The van der Waals surface area contributed by atoms with Crippen LogP contribution < -0.4 is 0 Å². The van der Waals surface area contributed by atoms with Crippen molar-refractivity contribution in [3.63, 3.8) is 0 Å². The van der Waals surface area contributed by atoms with Crippen LogP contribution in [0.3, 0.4) is 0 Å². The van der Waals surface area contributed by atoms with E-state index in [1.54, 1.807) is 0 Å². The number of ether oxygens (including phenoxy) is 1. The van der Waals surface area contributed by atoms with E-state index in [2.05, 4.69) is 15.2 Å². The predicted octanol–water partition coefficient (Wildman–Crippen LogP) is 1.37. The second-order valence-corrected chi connectivity index (χ2v) is 3.67. The Morgan fingerprint density at radius 3 is 3.07 bits per heavy atom. The second-order valence-electron chi connectivity index (χ2n) is 3.67. The van der Waals surface area contributed by atoms with E-state index in [-0.39, 0.29) is 11.9 Å². The molecule has 1 N–H and O–H groups in total. The number of carbonyl (C=O) groups excluding carboxylic acids is 1. The van der Waals surface area contributed by atoms with Crippen LogP contribution in [0.1, 0.15) is 19.0 Å². The number of nitrogens with zero attached hydrogens (tertiary/aromatic N) is 2. The summed E-state index contributed by atoms with van der Waals surface area (Å²) in [6.45, 7) is 4.24. The first-order chi connectivity index (χ1) is 7.16. The van der Waals surface area contributed by atoms with Gasteiger partial charge in [0.25, 0.3) is 0 Å². The van der Waals surface area contributed by atoms with Crippen LogP contribution in [0, 0.1) is 12.8 Å². The van der Waals surface area contributed by atoms with Crippen LogP contribution in [-0.2, 0) is 9.53 Å². The van der Waals surface area contributed by atoms with Crippen molar-refractivity contribution >= 4 is 17.5 Å². The lowest BCUT2D eigenvalue weighted by Gasteiger charge is -2.02. The summed E-state index contributed by atoms with van der Waals surface area (Å²) in [6.07, 6.45) is 0.720. The second kappa shape index (κ2) is 3.84. The van der Waals surface area contributed by atoms with Crippen molar-refractivity contribution in [1.82, 2.24) is 10.2 Å². The number of aromatic amines is 1. The highest BCUT2D eigenvalue weighted by molar-refractivity contribution is 6.02. The Labute approximate surface area is 87.5 Å². The highest BCUT2D eigenvalue weighted by Crippen LogP contribution is 2.19. The summed E-state index contributed by atoms with van der Waals surface area (Å²) in [5, 5.41) is 6.79. The van der Waals surface area contributed by atoms with Crippen LogP contribution in [0.25, 0.3) is 0 Å². The molecule has 1 aromatic heterocycles. The van der Waals surface area contributed by atoms with E-state index in [1.807, 2.05) is 19.9 Å². The fourth-order valence-corrected chi connectivity index (χ4v) is 1.59. The highest BCUT2D eigenvalue weighted by Gasteiger charge is 2.29. The first-order valence-corrected chi connectivity index (χ1v) is 4.90. The molecule has 5 nitrogen and oxygen atoms in total. The van der Waals surface area contributed by atoms with Crippen LogP contribution in [0.15, 0.2) is 11.1 Å². The van der Waals surface area contributed by atoms with Gasteiger partial charge in [-0.15, -0.1) is 0 Å². The number of carbonyl (C=O) groups is 1. The lowest BCUT2D eigenvalue weighted by molar-refractivity contribution is -0.139. The standard InChI is InChI=1S/C10H13N3O2/c1-6-5-9(13-12-6)11-7(2)8-3-4-15-10(8)14/h5,8H,3-4H2,1-2H3,(H,12,13). The molecule has 5 heteroatoms. The molecule has 0 spiro atoms. The summed E-state index contributed by atoms with van der Waals surface area (Å²) in [5.41, 5.74) is 1.72. The zero-order valence-corrected chi connectivity index (χ0v) is 8.78. The van der Waals surface area contributed by atoms with E-state index in [9.17, 15) is 4.79 Å². The molecule has 0 radical (unpaired) electrons. The molecule has 1 aromatic rings. The highest BCUT2D eigenvalue weighted by atomic mass is 16.5. The summed E-state index contributed by atoms with van der Waals surface area (Å²) in [7, 11) is 0. The number of cyclic esters (lactones) is 1. The van der Waals surface area contributed by atoms with Crippen LogP contribution in [0.4, 0.5) is 5.82 Å². The monoisotopic (exact) mass is 207 g/mol. The molecule has 1 fully saturated rings. The van der Waals surface area contributed by atoms with Crippen molar-refractivity contribution in [2.75, 3.05) is 6.61 Å². The molecule has 1 atom stereocenters. The first kappa shape index (κ1) is 9.89. The fraction of sp³-hybridized carbons (Fsp3) is 0.500. The van der Waals surface area contributed by atoms with Gasteiger partial charge in [0, 0.05) is 23.9 Å². The van der Waals surface area contributed by atoms with Crippen molar-refractivity contribution in [2.45, 2.75) is 20.3 Å². The van der Waals surface area contributed by atoms with E-state index in [1.165, 1.54) is 0 Å². The molecule has 0 amide bonds. The molecular formula is C10H13N3O2. The number of aromatic nitrogens is 2. The predicted molar refractivity (Wildman–Crippen MR) is 55.2 cm³/mol. The Bertz CT molecular complexity index is 409. The fourth-order valence-electron chi connectivity index (χ4n) is 1.59. The third-order valence-electron chi connectivity index (χ3n) is 2.42. The normalized spacial score (nSPS) is 21.9. The van der Waals surface area contributed by atoms with Gasteiger partial charge in [-0.2, -0.15) is 5.10 Å². The molecule has 2 rings (SSSR count). The average molecular weight is 207 g/mol. The smallest absolute Gasteiger partial charge is 0.314 e. The maximum absolute atomic E-state index is 11.3. The van der Waals surface area contributed by atoms with E-state index < -0.39 is 0 Å². The molecule has 0 saturated carbocycles. The lowest BCUT2D eigenvalue weighted by Crippen LogP contribution is -2.16. The SMILES string of the molecule is CC(=Nc1cc(C)[nH]n1)C1CCOC1=O. The molecule has 2 heterocycles. The molecule has 1 saturated heterocycles. The molecule has 0 aromatic carbocycles. The molecular weight excluding hydrogens is 194 g/mol. The average Bonchev–Trinajstić information content (AvgIpc) is 2.75. The zero-order valence-electron chi connectivity index (χ0n) is 8.78. The van der Waals surface area contributed by atoms with Crippen LogP contribution in [0.2, 0.25) is 0 Å². The number of nitrogens with one attached hydrogen (secondary N) is 1. The number of rotatable bonds is 2. The Kier molecular flexibility index (Phi) is 2.53. The van der Waals surface area contributed by atoms with Gasteiger partial charge in [-0.1, -0.05) is 0 Å². The third kappa shape index (κ3) is 2.06. The summed E-state index contributed by atoms with van der Waals surface area (Å²) in [4.78, 5) is 15.6. The molecule has 0 bridgehead atoms. The van der Waals surface area contributed by atoms with Crippen molar-refractivity contribution in [1.29, 1.82) is 0 Å². The van der Waals surface area contributed by atoms with E-state index in [0.717, 1.165) is 17.8 Å². The maximum Gasteiger partial charge on any atom is 0.314 e. The lowest BCUT2D eigenvalue weighted by atomic mass is 10.0. The minimum Gasteiger partial charge on any atom is -0.465 e. The number of hydrogen-bond donors (Lipinski definition) is 1. The van der Waals surface area contributed by atoms with E-state index >= 15 is 0 Å². The summed E-state index contributed by atoms with van der Waals surface area (Å²) >= 11 is 0. The van der Waals surface area contributed by atoms with Gasteiger partial charge in [0.15, 0.2) is 5.82 Å². The van der Waals surface area contributed by atoms with Crippen LogP contribution >= 0.6 is 0 Å². The minimum absolute atomic E-state index is 0.177. The van der Waals surface area contributed by atoms with E-state index in [4.69, 9.17) is 4.74 Å². The largest absolute Gasteiger partial charge is 0.465 e. The third-order valence-corrected chi connectivity index (χ3v) is 2.42. The molecule has 1 aliphatic rings. The number of aryl methyl sites for hydroxylation is 1. The topological polar surface area (TPSA) is 67.3 Å². The van der Waals surface area contributed by atoms with Gasteiger partial charge in [-0.3, -0.25) is 9.89 Å². The van der Waals surface area contributed by atoms with Crippen molar-refractivity contribution in [2.24, 2.45) is 10.9 Å². The maximum atomic E-state index is 11.3. The van der Waals surface area contributed by atoms with Crippen molar-refractivity contribution in [3.8, 4) is 0 Å². The number of aliphatic imine (C=N–C) groups is 1. The number of H-pyrrole nitrogens is 1. The van der Waals surface area contributed by atoms with Gasteiger partial charge >= 0.3 is 5.97 Å². The van der Waals surface area contributed by atoms with E-state index in [0.29, 0.717) is 12.4 Å². The molecule has 15 heavy (non-hydrogen) atoms. The van der Waals surface area contributed by atoms with Crippen LogP contribution in [0.5, 0.6) is 0 Å². The first-order valence-electron chi connectivity index (χ1n) is 4.90. The minimum atomic E-state index is -0.193. The van der Waals surface area contributed by atoms with Gasteiger partial charge in [0.2, 0.25) is 0 Å². The molecule has 1 aliphatic heterocycles. The van der Waals surface area contributed by atoms with Crippen LogP contribution in [-0.4, -0.2) is 28.5 Å². The number of esters is 1. The quantitative estimate of drug-likeness (QED) is 0.588. The van der Waals surface area contributed by atoms with Gasteiger partial charge in [0.1, 0.15) is 0 Å². The Morgan fingerprint density at radius 2 is 2.53 bits per heavy atom. The molecule has 0 aliphatic carbocycles. The Morgan fingerprint density at radius 1 is 1.73 bits per heavy atom. The molecule has 80 valence electrons. The van der Waals surface area contributed by atoms with Gasteiger partial charge in [-0.25, -0.2) is 4.99 Å². The Hall–Kier alpha value is -1.65. The van der Waals surface area contributed by atoms with Gasteiger partial charge in [0.05, 0.1) is 12.5 Å².